The minimum Gasteiger partial charge on any atom is -0.480 e. The number of carbonyl (C=O) groups excluding carboxylic acids is 6. The first kappa shape index (κ1) is 52.8. The van der Waals surface area contributed by atoms with E-state index in [2.05, 4.69) is 41.2 Å². The standard InChI is InChI=1S/C22H26N2O4.C21H24N2O4.C20H22N2O4/c1-12(2)6-9-24-10-8-21-17-13-3-4-14(20(23)26)18(17)28-19(21)15(25)5-7-22(21,27)16(24)11-13;22-19(25)13-4-3-12-9-15-21(26)6-5-14(24)18-20(21,16(12)17(13)27-18)7-8-23(15)10-11-1-2-11;1-2-8-22-9-7-19-15-11-3-4-12(18(21)24)16(15)26-17(19)13(23)5-6-20(19,25)14(22)10-11/h3-4,6,16,19,27H,5,7-11H2,1-2H3,(H2,23,26);3-4,11,15,18,26H,1-2,5-10H2,(H2,22,25);2-4,14,17,25H,1,5-10H2,(H2,21,24)/t16-,19+,21+,22-;15-,18+,20+,21-;14-,17+,19+,20-/m111/s1. The van der Waals surface area contributed by atoms with Crippen molar-refractivity contribution in [2.75, 3.05) is 39.3 Å². The van der Waals surface area contributed by atoms with Gasteiger partial charge >= 0.3 is 0 Å². The highest BCUT2D eigenvalue weighted by atomic mass is 16.5. The summed E-state index contributed by atoms with van der Waals surface area (Å²) in [6.07, 6.45) is 10.7. The van der Waals surface area contributed by atoms with Crippen molar-refractivity contribution in [3.63, 3.8) is 0 Å². The molecule has 6 aliphatic heterocycles. The fourth-order valence-electron chi connectivity index (χ4n) is 18.6. The molecule has 0 unspecified atom stereocenters. The van der Waals surface area contributed by atoms with Gasteiger partial charge in [-0.3, -0.25) is 43.5 Å². The maximum Gasteiger partial charge on any atom is 0.252 e. The van der Waals surface area contributed by atoms with E-state index in [1.165, 1.54) is 18.4 Å². The van der Waals surface area contributed by atoms with Crippen molar-refractivity contribution in [1.82, 2.24) is 14.7 Å². The van der Waals surface area contributed by atoms with Crippen molar-refractivity contribution in [3.8, 4) is 17.2 Å². The van der Waals surface area contributed by atoms with Crippen LogP contribution in [0.1, 0.15) is 149 Å². The molecule has 4 saturated carbocycles. The first-order chi connectivity index (χ1) is 38.7. The quantitative estimate of drug-likeness (QED) is 0.168. The SMILES string of the molecule is C=CCN1CC[C@]23c4c5ccc(C(N)=O)c4O[C@H]2C(=O)CC[C@@]3(O)[C@H]1C5.CC(C)=CCN1CC[C@]23c4c5ccc(C(N)=O)c4O[C@H]2C(=O)CC[C@@]3(O)[C@H]1C5.NC(=O)c1ccc2c3c1O[C@H]1C(=O)CC[C@@]4(O)[C@@H](C2)N(CC2CC2)CC[C@]314. The predicted molar refractivity (Wildman–Crippen MR) is 294 cm³/mol. The molecule has 7 fully saturated rings. The number of rotatable bonds is 9. The Balaban J connectivity index is 0.000000109. The Kier molecular flexibility index (Phi) is 11.6. The molecule has 81 heavy (non-hydrogen) atoms. The summed E-state index contributed by atoms with van der Waals surface area (Å²) in [4.78, 5) is 81.4. The predicted octanol–water partition coefficient (Wildman–Crippen LogP) is 3.09. The van der Waals surface area contributed by atoms with Gasteiger partial charge < -0.3 is 46.7 Å². The first-order valence-electron chi connectivity index (χ1n) is 29.3. The van der Waals surface area contributed by atoms with E-state index >= 15 is 0 Å². The summed E-state index contributed by atoms with van der Waals surface area (Å²) >= 11 is 0. The second-order valence-electron chi connectivity index (χ2n) is 26.0. The van der Waals surface area contributed by atoms with E-state index in [9.17, 15) is 44.1 Å². The second-order valence-corrected chi connectivity index (χ2v) is 26.0. The van der Waals surface area contributed by atoms with Crippen LogP contribution in [0.5, 0.6) is 17.2 Å². The number of piperidine rings is 3. The molecule has 18 heteroatoms. The maximum atomic E-state index is 12.9. The second kappa shape index (κ2) is 17.9. The molecule has 0 radical (unpaired) electrons. The number of Topliss-reactive ketones (excluding diaryl/α,β-unsaturated/α-hetero) is 3. The van der Waals surface area contributed by atoms with Gasteiger partial charge in [0.2, 0.25) is 0 Å². The fourth-order valence-corrected chi connectivity index (χ4v) is 18.6. The number of ketones is 3. The van der Waals surface area contributed by atoms with Gasteiger partial charge in [0, 0.05) is 86.8 Å². The minimum atomic E-state index is -1.05. The van der Waals surface area contributed by atoms with Crippen LogP contribution < -0.4 is 31.4 Å². The van der Waals surface area contributed by atoms with Crippen molar-refractivity contribution in [3.05, 3.63) is 111 Å². The van der Waals surface area contributed by atoms with Gasteiger partial charge in [0.05, 0.1) is 49.7 Å². The number of hydrogen-bond acceptors (Lipinski definition) is 15. The van der Waals surface area contributed by atoms with Gasteiger partial charge in [0.1, 0.15) is 17.2 Å². The monoisotopic (exact) mass is 1100 g/mol. The minimum absolute atomic E-state index is 0.00364. The van der Waals surface area contributed by atoms with Crippen LogP contribution in [0.25, 0.3) is 0 Å². The number of amides is 3. The number of primary amides is 3. The van der Waals surface area contributed by atoms with Crippen molar-refractivity contribution in [2.24, 2.45) is 23.1 Å². The average molecular weight is 1110 g/mol. The first-order valence-corrected chi connectivity index (χ1v) is 29.3. The molecule has 18 nitrogen and oxygen atoms in total. The van der Waals surface area contributed by atoms with Crippen LogP contribution >= 0.6 is 0 Å². The zero-order chi connectivity index (χ0) is 56.7. The van der Waals surface area contributed by atoms with E-state index in [0.29, 0.717) is 105 Å². The summed E-state index contributed by atoms with van der Waals surface area (Å²) in [5, 5.41) is 36.1. The lowest BCUT2D eigenvalue weighted by Gasteiger charge is -2.62. The number of nitrogens with two attached hydrogens (primary N) is 3. The molecule has 3 aromatic rings. The van der Waals surface area contributed by atoms with Gasteiger partial charge in [-0.15, -0.1) is 6.58 Å². The van der Waals surface area contributed by atoms with Gasteiger partial charge in [-0.25, -0.2) is 0 Å². The lowest BCUT2D eigenvalue weighted by Crippen LogP contribution is -2.76. The molecule has 3 amide bonds. The molecule has 16 rings (SSSR count). The van der Waals surface area contributed by atoms with Crippen molar-refractivity contribution in [1.29, 1.82) is 0 Å². The molecule has 6 heterocycles. The molecule has 9 N–H and O–H groups in total. The number of allylic oxidation sites excluding steroid dienone is 1. The molecule has 426 valence electrons. The molecular weight excluding hydrogens is 1030 g/mol. The molecule has 12 atom stereocenters. The van der Waals surface area contributed by atoms with Gasteiger partial charge in [0.15, 0.2) is 35.7 Å². The van der Waals surface area contributed by atoms with Crippen LogP contribution in [-0.2, 0) is 49.9 Å². The highest BCUT2D eigenvalue weighted by molar-refractivity contribution is 6.01. The van der Waals surface area contributed by atoms with Gasteiger partial charge in [0.25, 0.3) is 17.7 Å². The fraction of sp³-hybridized carbons (Fsp3) is 0.556. The molecule has 3 saturated heterocycles. The highest BCUT2D eigenvalue weighted by Gasteiger charge is 2.76. The number of nitrogens with zero attached hydrogens (tertiary/aromatic N) is 3. The van der Waals surface area contributed by atoms with Crippen LogP contribution in [0.2, 0.25) is 0 Å². The van der Waals surface area contributed by atoms with E-state index < -0.39 is 69.1 Å². The average Bonchev–Trinajstić information content (AvgIpc) is 2.06. The van der Waals surface area contributed by atoms with Crippen LogP contribution in [0, 0.1) is 5.92 Å². The summed E-state index contributed by atoms with van der Waals surface area (Å²) in [5.41, 5.74) is 19.3. The highest BCUT2D eigenvalue weighted by Crippen LogP contribution is 2.67. The number of likely N-dealkylation sites (tertiary alicyclic amines) is 3. The Morgan fingerprint density at radius 1 is 0.556 bits per heavy atom. The van der Waals surface area contributed by atoms with Crippen LogP contribution in [0.15, 0.2) is 60.7 Å². The van der Waals surface area contributed by atoms with Gasteiger partial charge in [-0.2, -0.15) is 0 Å². The Hall–Kier alpha value is -6.28. The van der Waals surface area contributed by atoms with Crippen molar-refractivity contribution in [2.45, 2.75) is 173 Å². The number of carbonyl (C=O) groups is 6. The van der Waals surface area contributed by atoms with E-state index in [-0.39, 0.29) is 41.9 Å². The summed E-state index contributed by atoms with van der Waals surface area (Å²) < 4.78 is 18.4. The lowest BCUT2D eigenvalue weighted by atomic mass is 9.49. The Bertz CT molecular complexity index is 3390. The third-order valence-electron chi connectivity index (χ3n) is 22.3. The van der Waals surface area contributed by atoms with Crippen LogP contribution in [0.4, 0.5) is 0 Å². The molecule has 3 spiro atoms. The zero-order valence-corrected chi connectivity index (χ0v) is 46.1. The number of benzene rings is 3. The van der Waals surface area contributed by atoms with Crippen molar-refractivity contribution >= 4 is 35.1 Å². The summed E-state index contributed by atoms with van der Waals surface area (Å²) in [6.45, 7) is 12.9. The summed E-state index contributed by atoms with van der Waals surface area (Å²) in [5.74, 6) is 0.424. The Labute approximate surface area is 470 Å². The van der Waals surface area contributed by atoms with Crippen LogP contribution in [-0.4, -0.2) is 158 Å². The van der Waals surface area contributed by atoms with Crippen molar-refractivity contribution < 1.29 is 58.3 Å². The van der Waals surface area contributed by atoms with Crippen LogP contribution in [0.3, 0.4) is 0 Å². The number of aliphatic hydroxyl groups is 3. The third-order valence-corrected chi connectivity index (χ3v) is 22.3. The third kappa shape index (κ3) is 6.77. The lowest BCUT2D eigenvalue weighted by molar-refractivity contribution is -0.188. The largest absolute Gasteiger partial charge is 0.480 e. The van der Waals surface area contributed by atoms with E-state index in [4.69, 9.17) is 31.4 Å². The molecular formula is C63H72N6O12. The number of hydrogen-bond donors (Lipinski definition) is 6. The Morgan fingerprint density at radius 2 is 0.901 bits per heavy atom. The molecule has 7 aliphatic carbocycles. The smallest absolute Gasteiger partial charge is 0.252 e. The molecule has 0 aromatic heterocycles. The molecule has 13 aliphatic rings. The number of ether oxygens (including phenoxy) is 3. The summed E-state index contributed by atoms with van der Waals surface area (Å²) in [7, 11) is 0. The van der Waals surface area contributed by atoms with Gasteiger partial charge in [-0.05, 0) is 132 Å². The van der Waals surface area contributed by atoms with E-state index in [1.807, 2.05) is 24.3 Å². The summed E-state index contributed by atoms with van der Waals surface area (Å²) in [6, 6.07) is 10.8. The van der Waals surface area contributed by atoms with E-state index in [1.54, 1.807) is 18.2 Å². The normalized spacial score (nSPS) is 37.1. The zero-order valence-electron chi connectivity index (χ0n) is 46.1. The Morgan fingerprint density at radius 3 is 1.23 bits per heavy atom. The van der Waals surface area contributed by atoms with E-state index in [0.717, 1.165) is 78.4 Å². The molecule has 3 aromatic carbocycles. The topological polar surface area (TPSA) is 279 Å². The van der Waals surface area contributed by atoms with Gasteiger partial charge in [-0.1, -0.05) is 35.9 Å². The molecule has 6 bridgehead atoms. The maximum absolute atomic E-state index is 12.9.